The van der Waals surface area contributed by atoms with Crippen LogP contribution in [0.3, 0.4) is 0 Å². The van der Waals surface area contributed by atoms with E-state index in [4.69, 9.17) is 11.6 Å². The lowest BCUT2D eigenvalue weighted by molar-refractivity contribution is -0.144. The van der Waals surface area contributed by atoms with Crippen LogP contribution >= 0.6 is 11.6 Å². The molecule has 2 N–H and O–H groups in total. The number of benzene rings is 1. The van der Waals surface area contributed by atoms with Crippen molar-refractivity contribution in [3.8, 4) is 11.4 Å². The van der Waals surface area contributed by atoms with Gasteiger partial charge in [0.05, 0.1) is 5.69 Å². The molecule has 1 unspecified atom stereocenters. The molecule has 1 aromatic carbocycles. The lowest BCUT2D eigenvalue weighted by Crippen LogP contribution is -2.51. The molecular formula is C20H25ClN4O2. The number of nitrogens with zero attached hydrogens (tertiary/aromatic N) is 3. The van der Waals surface area contributed by atoms with Crippen molar-refractivity contribution in [2.45, 2.75) is 37.8 Å². The number of H-pyrrole nitrogens is 1. The first kappa shape index (κ1) is 18.5. The molecule has 0 bridgehead atoms. The maximum absolute atomic E-state index is 12.1. The van der Waals surface area contributed by atoms with Crippen LogP contribution in [-0.2, 0) is 4.79 Å². The molecule has 1 aliphatic heterocycles. The van der Waals surface area contributed by atoms with E-state index < -0.39 is 12.0 Å². The highest BCUT2D eigenvalue weighted by Crippen LogP contribution is 2.31. The number of carboxylic acid groups (broad SMARTS) is 1. The second kappa shape index (κ2) is 8.00. The van der Waals surface area contributed by atoms with Gasteiger partial charge >= 0.3 is 5.97 Å². The van der Waals surface area contributed by atoms with E-state index in [2.05, 4.69) is 14.9 Å². The highest BCUT2D eigenvalue weighted by atomic mass is 35.5. The fourth-order valence-corrected chi connectivity index (χ4v) is 4.61. The van der Waals surface area contributed by atoms with E-state index in [0.717, 1.165) is 31.7 Å². The Balaban J connectivity index is 1.52. The van der Waals surface area contributed by atoms with E-state index >= 15 is 0 Å². The number of carboxylic acids is 1. The molecule has 7 heteroatoms. The number of hydrogen-bond acceptors (Lipinski definition) is 4. The molecule has 2 aromatic rings. The van der Waals surface area contributed by atoms with Crippen molar-refractivity contribution in [2.75, 3.05) is 26.2 Å². The van der Waals surface area contributed by atoms with Gasteiger partial charge in [-0.05, 0) is 12.8 Å². The number of imidazole rings is 1. The first-order chi connectivity index (χ1) is 13.1. The van der Waals surface area contributed by atoms with Crippen LogP contribution < -0.4 is 0 Å². The summed E-state index contributed by atoms with van der Waals surface area (Å²) in [6.07, 6.45) is 5.17. The Bertz CT molecular complexity index is 781. The first-order valence-corrected chi connectivity index (χ1v) is 10.0. The van der Waals surface area contributed by atoms with Crippen LogP contribution in [0.4, 0.5) is 0 Å². The van der Waals surface area contributed by atoms with Crippen LogP contribution in [0.15, 0.2) is 30.3 Å². The lowest BCUT2D eigenvalue weighted by Gasteiger charge is -2.40. The molecule has 2 aliphatic rings. The van der Waals surface area contributed by atoms with Gasteiger partial charge in [-0.2, -0.15) is 0 Å². The Morgan fingerprint density at radius 1 is 1.15 bits per heavy atom. The normalized spacial score (nSPS) is 20.8. The van der Waals surface area contributed by atoms with Crippen LogP contribution in [0.2, 0.25) is 5.15 Å². The van der Waals surface area contributed by atoms with Crippen LogP contribution in [0, 0.1) is 0 Å². The van der Waals surface area contributed by atoms with Gasteiger partial charge in [0.2, 0.25) is 0 Å². The Morgan fingerprint density at radius 2 is 1.81 bits per heavy atom. The average Bonchev–Trinajstić information content (AvgIpc) is 3.34. The average molecular weight is 389 g/mol. The van der Waals surface area contributed by atoms with Gasteiger partial charge in [-0.3, -0.25) is 14.6 Å². The van der Waals surface area contributed by atoms with Crippen molar-refractivity contribution in [1.29, 1.82) is 0 Å². The van der Waals surface area contributed by atoms with Crippen molar-refractivity contribution in [3.63, 3.8) is 0 Å². The molecule has 6 nitrogen and oxygen atoms in total. The number of aromatic nitrogens is 2. The number of nitrogens with one attached hydrogen (secondary N) is 1. The van der Waals surface area contributed by atoms with Gasteiger partial charge in [0, 0.05) is 37.8 Å². The maximum atomic E-state index is 12.1. The predicted octanol–water partition coefficient (Wildman–Crippen LogP) is 3.42. The van der Waals surface area contributed by atoms with Crippen molar-refractivity contribution in [1.82, 2.24) is 19.8 Å². The van der Waals surface area contributed by atoms with E-state index in [-0.39, 0.29) is 5.15 Å². The molecule has 1 aliphatic carbocycles. The molecule has 1 saturated carbocycles. The molecule has 4 rings (SSSR count). The van der Waals surface area contributed by atoms with Crippen molar-refractivity contribution < 1.29 is 9.90 Å². The van der Waals surface area contributed by atoms with E-state index in [0.29, 0.717) is 17.6 Å². The highest BCUT2D eigenvalue weighted by Gasteiger charge is 2.35. The summed E-state index contributed by atoms with van der Waals surface area (Å²) in [7, 11) is 0. The Hall–Kier alpha value is -1.89. The molecule has 0 spiro atoms. The van der Waals surface area contributed by atoms with E-state index in [1.807, 2.05) is 35.2 Å². The summed E-state index contributed by atoms with van der Waals surface area (Å²) in [6.45, 7) is 3.27. The zero-order valence-corrected chi connectivity index (χ0v) is 16.0. The Labute approximate surface area is 164 Å². The Morgan fingerprint density at radius 3 is 2.44 bits per heavy atom. The number of carbonyl (C=O) groups is 1. The molecule has 27 heavy (non-hydrogen) atoms. The summed E-state index contributed by atoms with van der Waals surface area (Å²) in [5, 5.41) is 10.1. The van der Waals surface area contributed by atoms with Gasteiger partial charge in [0.15, 0.2) is 11.2 Å². The minimum Gasteiger partial charge on any atom is -0.480 e. The van der Waals surface area contributed by atoms with Crippen LogP contribution in [-0.4, -0.2) is 63.1 Å². The third-order valence-electron chi connectivity index (χ3n) is 5.79. The predicted molar refractivity (Wildman–Crippen MR) is 105 cm³/mol. The van der Waals surface area contributed by atoms with Gasteiger partial charge in [-0.15, -0.1) is 0 Å². The summed E-state index contributed by atoms with van der Waals surface area (Å²) < 4.78 is 0. The van der Waals surface area contributed by atoms with E-state index in [1.54, 1.807) is 0 Å². The largest absolute Gasteiger partial charge is 0.480 e. The van der Waals surface area contributed by atoms with Crippen molar-refractivity contribution >= 4 is 17.6 Å². The molecule has 2 fully saturated rings. The summed E-state index contributed by atoms with van der Waals surface area (Å²) >= 11 is 6.34. The molecule has 2 heterocycles. The van der Waals surface area contributed by atoms with Gasteiger partial charge < -0.3 is 10.1 Å². The van der Waals surface area contributed by atoms with Crippen molar-refractivity contribution in [2.24, 2.45) is 0 Å². The first-order valence-electron chi connectivity index (χ1n) is 9.65. The number of aromatic amines is 1. The van der Waals surface area contributed by atoms with E-state index in [9.17, 15) is 9.90 Å². The van der Waals surface area contributed by atoms with Gasteiger partial charge in [0.1, 0.15) is 5.82 Å². The monoisotopic (exact) mass is 388 g/mol. The third kappa shape index (κ3) is 3.88. The van der Waals surface area contributed by atoms with Gasteiger partial charge in [0.25, 0.3) is 0 Å². The number of aliphatic carboxylic acids is 1. The summed E-state index contributed by atoms with van der Waals surface area (Å²) in [5.74, 6) is -0.291. The van der Waals surface area contributed by atoms with E-state index in [1.165, 1.54) is 25.7 Å². The molecule has 1 saturated heterocycles. The highest BCUT2D eigenvalue weighted by molar-refractivity contribution is 6.30. The molecule has 1 atom stereocenters. The molecular weight excluding hydrogens is 364 g/mol. The summed E-state index contributed by atoms with van der Waals surface area (Å²) in [6, 6.07) is 9.50. The smallest absolute Gasteiger partial charge is 0.327 e. The SMILES string of the molecule is O=C(O)C(c1[nH]c(-c2ccccc2)nc1Cl)N1CCN(C2CCCC2)CC1. The summed E-state index contributed by atoms with van der Waals surface area (Å²) in [5.41, 5.74) is 1.36. The molecule has 144 valence electrons. The zero-order valence-electron chi connectivity index (χ0n) is 15.3. The van der Waals surface area contributed by atoms with Crippen LogP contribution in [0.1, 0.15) is 37.4 Å². The minimum atomic E-state index is -0.894. The molecule has 1 aromatic heterocycles. The zero-order chi connectivity index (χ0) is 18.8. The summed E-state index contributed by atoms with van der Waals surface area (Å²) in [4.78, 5) is 24.1. The standard InChI is InChI=1S/C20H25ClN4O2/c21-18-16(22-19(23-18)14-6-2-1-3-7-14)17(20(26)27)25-12-10-24(11-13-25)15-8-4-5-9-15/h1-3,6-7,15,17H,4-5,8-13H2,(H,22,23)(H,26,27). The Kier molecular flexibility index (Phi) is 5.48. The number of hydrogen-bond donors (Lipinski definition) is 2. The second-order valence-electron chi connectivity index (χ2n) is 7.41. The number of halogens is 1. The third-order valence-corrected chi connectivity index (χ3v) is 6.08. The van der Waals surface area contributed by atoms with Crippen LogP contribution in [0.5, 0.6) is 0 Å². The lowest BCUT2D eigenvalue weighted by atomic mass is 10.1. The van der Waals surface area contributed by atoms with Gasteiger partial charge in [-0.25, -0.2) is 4.98 Å². The quantitative estimate of drug-likeness (QED) is 0.821. The number of rotatable bonds is 5. The minimum absolute atomic E-state index is 0.236. The second-order valence-corrected chi connectivity index (χ2v) is 7.76. The maximum Gasteiger partial charge on any atom is 0.327 e. The van der Waals surface area contributed by atoms with Crippen LogP contribution in [0.25, 0.3) is 11.4 Å². The molecule has 0 amide bonds. The molecule has 0 radical (unpaired) electrons. The fraction of sp³-hybridized carbons (Fsp3) is 0.500. The van der Waals surface area contributed by atoms with Crippen molar-refractivity contribution in [3.05, 3.63) is 41.2 Å². The topological polar surface area (TPSA) is 72.5 Å². The fourth-order valence-electron chi connectivity index (χ4n) is 4.37. The number of piperazine rings is 1. The van der Waals surface area contributed by atoms with Gasteiger partial charge in [-0.1, -0.05) is 54.8 Å².